The molecule has 0 aromatic rings. The van der Waals surface area contributed by atoms with Gasteiger partial charge in [-0.05, 0) is 38.6 Å². The quantitative estimate of drug-likeness (QED) is 0.146. The molecule has 9 N–H and O–H groups in total. The van der Waals surface area contributed by atoms with Gasteiger partial charge < -0.3 is 37.6 Å². The number of carbonyl (C=O) groups excluding carboxylic acids is 3. The Labute approximate surface area is 181 Å². The molecule has 0 radical (unpaired) electrons. The number of unbranched alkanes of at least 4 members (excludes halogenated alkanes) is 1. The van der Waals surface area contributed by atoms with Gasteiger partial charge in [-0.15, -0.1) is 0 Å². The van der Waals surface area contributed by atoms with E-state index in [1.54, 1.807) is 6.92 Å². The van der Waals surface area contributed by atoms with E-state index in [-0.39, 0.29) is 12.3 Å². The van der Waals surface area contributed by atoms with E-state index >= 15 is 0 Å². The van der Waals surface area contributed by atoms with Crippen molar-refractivity contribution in [1.29, 1.82) is 0 Å². The Morgan fingerprint density at radius 3 is 2.00 bits per heavy atom. The monoisotopic (exact) mass is 445 g/mol. The lowest BCUT2D eigenvalue weighted by molar-refractivity contribution is -0.142. The van der Waals surface area contributed by atoms with Gasteiger partial charge in [-0.3, -0.25) is 24.0 Å². The first-order valence-electron chi connectivity index (χ1n) is 10.3. The number of amides is 3. The summed E-state index contributed by atoms with van der Waals surface area (Å²) in [6.07, 6.45) is 1.21. The largest absolute Gasteiger partial charge is 0.481 e. The van der Waals surface area contributed by atoms with Crippen molar-refractivity contribution in [3.05, 3.63) is 0 Å². The number of hydrogen-bond donors (Lipinski definition) is 7. The minimum absolute atomic E-state index is 0.203. The molecule has 0 fully saturated rings. The zero-order valence-electron chi connectivity index (χ0n) is 18.2. The van der Waals surface area contributed by atoms with Crippen LogP contribution in [0.4, 0.5) is 0 Å². The lowest BCUT2D eigenvalue weighted by Gasteiger charge is -2.27. The van der Waals surface area contributed by atoms with E-state index < -0.39 is 60.2 Å². The van der Waals surface area contributed by atoms with Gasteiger partial charge in [0.05, 0.1) is 12.5 Å². The molecule has 178 valence electrons. The molecule has 0 rings (SSSR count). The van der Waals surface area contributed by atoms with Crippen LogP contribution in [0.5, 0.6) is 0 Å². The third-order valence-corrected chi connectivity index (χ3v) is 4.83. The average molecular weight is 446 g/mol. The van der Waals surface area contributed by atoms with Gasteiger partial charge in [-0.2, -0.15) is 0 Å². The van der Waals surface area contributed by atoms with Crippen molar-refractivity contribution >= 4 is 29.7 Å². The highest BCUT2D eigenvalue weighted by atomic mass is 16.4. The Balaban J connectivity index is 5.41. The number of carboxylic acids is 2. The van der Waals surface area contributed by atoms with Gasteiger partial charge in [-0.25, -0.2) is 0 Å². The van der Waals surface area contributed by atoms with Gasteiger partial charge >= 0.3 is 11.9 Å². The van der Waals surface area contributed by atoms with E-state index in [4.69, 9.17) is 21.7 Å². The van der Waals surface area contributed by atoms with Crippen molar-refractivity contribution in [2.24, 2.45) is 17.4 Å². The van der Waals surface area contributed by atoms with Crippen LogP contribution in [0.25, 0.3) is 0 Å². The van der Waals surface area contributed by atoms with E-state index in [0.29, 0.717) is 25.8 Å². The summed E-state index contributed by atoms with van der Waals surface area (Å²) in [6, 6.07) is -4.58. The minimum atomic E-state index is -1.34. The highest BCUT2D eigenvalue weighted by Gasteiger charge is 2.31. The molecular weight excluding hydrogens is 410 g/mol. The maximum Gasteiger partial charge on any atom is 0.325 e. The van der Waals surface area contributed by atoms with Crippen LogP contribution in [0.2, 0.25) is 0 Å². The molecule has 3 amide bonds. The number of hydrogen-bond acceptors (Lipinski definition) is 7. The van der Waals surface area contributed by atoms with Crippen molar-refractivity contribution in [2.75, 3.05) is 6.54 Å². The Morgan fingerprint density at radius 1 is 0.903 bits per heavy atom. The van der Waals surface area contributed by atoms with Crippen LogP contribution in [0, 0.1) is 5.92 Å². The molecule has 5 atom stereocenters. The number of nitrogens with two attached hydrogens (primary N) is 2. The van der Waals surface area contributed by atoms with Crippen LogP contribution in [0.15, 0.2) is 0 Å². The topological polar surface area (TPSA) is 214 Å². The van der Waals surface area contributed by atoms with Crippen LogP contribution in [-0.2, 0) is 24.0 Å². The first-order valence-corrected chi connectivity index (χ1v) is 10.3. The van der Waals surface area contributed by atoms with Gasteiger partial charge in [0.25, 0.3) is 0 Å². The number of nitrogens with one attached hydrogen (secondary N) is 3. The third-order valence-electron chi connectivity index (χ3n) is 4.83. The lowest BCUT2D eigenvalue weighted by Crippen LogP contribution is -2.58. The molecule has 0 saturated carbocycles. The zero-order valence-corrected chi connectivity index (χ0v) is 18.2. The fraction of sp³-hybridized carbons (Fsp3) is 0.737. The summed E-state index contributed by atoms with van der Waals surface area (Å²) in [5.74, 6) is -4.92. The maximum absolute atomic E-state index is 12.9. The van der Waals surface area contributed by atoms with E-state index in [9.17, 15) is 24.0 Å². The van der Waals surface area contributed by atoms with Gasteiger partial charge in [0.15, 0.2) is 0 Å². The second-order valence-electron chi connectivity index (χ2n) is 7.49. The van der Waals surface area contributed by atoms with Gasteiger partial charge in [0, 0.05) is 0 Å². The van der Waals surface area contributed by atoms with Gasteiger partial charge in [-0.1, -0.05) is 20.3 Å². The summed E-state index contributed by atoms with van der Waals surface area (Å²) in [5.41, 5.74) is 11.0. The smallest absolute Gasteiger partial charge is 0.325 e. The highest BCUT2D eigenvalue weighted by Crippen LogP contribution is 2.10. The number of carboxylic acid groups (broad SMARTS) is 2. The fourth-order valence-corrected chi connectivity index (χ4v) is 2.64. The number of carbonyl (C=O) groups is 5. The molecule has 0 heterocycles. The minimum Gasteiger partial charge on any atom is -0.481 e. The standard InChI is InChI=1S/C19H35N5O7/c1-4-10(2)15(18(29)22-11(3)19(30)31)24-17(28)13(7-5-6-8-20)23-16(27)12(21)9-14(25)26/h10-13,15H,4-9,20-21H2,1-3H3,(H,22,29)(H,23,27)(H,24,28)(H,25,26)(H,30,31). The molecule has 5 unspecified atom stereocenters. The van der Waals surface area contributed by atoms with Crippen molar-refractivity contribution in [3.63, 3.8) is 0 Å². The lowest BCUT2D eigenvalue weighted by atomic mass is 9.97. The third kappa shape index (κ3) is 10.7. The van der Waals surface area contributed by atoms with Crippen LogP contribution in [-0.4, -0.2) is 70.6 Å². The molecule has 12 nitrogen and oxygen atoms in total. The van der Waals surface area contributed by atoms with Gasteiger partial charge in [0.2, 0.25) is 17.7 Å². The predicted octanol–water partition coefficient (Wildman–Crippen LogP) is -1.48. The Kier molecular flexibility index (Phi) is 13.0. The molecule has 31 heavy (non-hydrogen) atoms. The van der Waals surface area contributed by atoms with Crippen LogP contribution in [0.3, 0.4) is 0 Å². The van der Waals surface area contributed by atoms with Crippen molar-refractivity contribution in [1.82, 2.24) is 16.0 Å². The number of rotatable bonds is 15. The maximum atomic E-state index is 12.9. The second-order valence-corrected chi connectivity index (χ2v) is 7.49. The summed E-state index contributed by atoms with van der Waals surface area (Å²) in [6.45, 7) is 5.21. The molecule has 0 aliphatic carbocycles. The summed E-state index contributed by atoms with van der Waals surface area (Å²) in [4.78, 5) is 59.4. The summed E-state index contributed by atoms with van der Waals surface area (Å²) in [5, 5.41) is 25.1. The first-order chi connectivity index (χ1) is 14.4. The molecule has 0 aromatic heterocycles. The second kappa shape index (κ2) is 14.3. The van der Waals surface area contributed by atoms with Crippen molar-refractivity contribution in [3.8, 4) is 0 Å². The average Bonchev–Trinajstić information content (AvgIpc) is 2.69. The zero-order chi connectivity index (χ0) is 24.1. The van der Waals surface area contributed by atoms with E-state index in [2.05, 4.69) is 16.0 Å². The van der Waals surface area contributed by atoms with E-state index in [0.717, 1.165) is 0 Å². The molecule has 0 spiro atoms. The molecular formula is C19H35N5O7. The number of aliphatic carboxylic acids is 2. The van der Waals surface area contributed by atoms with E-state index in [1.165, 1.54) is 6.92 Å². The predicted molar refractivity (Wildman–Crippen MR) is 112 cm³/mol. The van der Waals surface area contributed by atoms with E-state index in [1.807, 2.05) is 6.92 Å². The van der Waals surface area contributed by atoms with Crippen molar-refractivity contribution < 1.29 is 34.2 Å². The molecule has 0 saturated heterocycles. The van der Waals surface area contributed by atoms with Crippen LogP contribution in [0.1, 0.15) is 52.9 Å². The highest BCUT2D eigenvalue weighted by molar-refractivity contribution is 5.94. The summed E-state index contributed by atoms with van der Waals surface area (Å²) < 4.78 is 0. The summed E-state index contributed by atoms with van der Waals surface area (Å²) >= 11 is 0. The Morgan fingerprint density at radius 2 is 1.52 bits per heavy atom. The first kappa shape index (κ1) is 28.3. The molecule has 0 bridgehead atoms. The Hall–Kier alpha value is -2.73. The summed E-state index contributed by atoms with van der Waals surface area (Å²) in [7, 11) is 0. The SMILES string of the molecule is CCC(C)C(NC(=O)C(CCCCN)NC(=O)C(N)CC(=O)O)C(=O)NC(C)C(=O)O. The van der Waals surface area contributed by atoms with Crippen LogP contribution >= 0.6 is 0 Å². The molecule has 0 aromatic carbocycles. The fourth-order valence-electron chi connectivity index (χ4n) is 2.64. The van der Waals surface area contributed by atoms with Gasteiger partial charge in [0.1, 0.15) is 18.1 Å². The molecule has 0 aliphatic heterocycles. The molecule has 0 aliphatic rings. The van der Waals surface area contributed by atoms with Crippen LogP contribution < -0.4 is 27.4 Å². The normalized spacial score (nSPS) is 15.6. The van der Waals surface area contributed by atoms with Crippen molar-refractivity contribution in [2.45, 2.75) is 77.0 Å². The molecule has 12 heteroatoms. The Bertz CT molecular complexity index is 643.